The quantitative estimate of drug-likeness (QED) is 0.596. The fraction of sp³-hybridized carbons (Fsp3) is 0.900. The number of hydrogen-bond acceptors (Lipinski definition) is 3. The van der Waals surface area contributed by atoms with E-state index in [1.807, 2.05) is 13.8 Å². The predicted molar refractivity (Wildman–Crippen MR) is 51.1 cm³/mol. The van der Waals surface area contributed by atoms with Gasteiger partial charge in [0.05, 0.1) is 11.5 Å². The third kappa shape index (κ3) is 5.62. The molecule has 0 atom stereocenters. The van der Waals surface area contributed by atoms with Crippen LogP contribution in [0.4, 0.5) is 0 Å². The molecule has 0 saturated heterocycles. The van der Waals surface area contributed by atoms with Crippen LogP contribution in [0.15, 0.2) is 0 Å². The lowest BCUT2D eigenvalue weighted by atomic mass is 9.89. The summed E-state index contributed by atoms with van der Waals surface area (Å²) in [6.07, 6.45) is 2.55. The zero-order chi connectivity index (χ0) is 10.3. The van der Waals surface area contributed by atoms with Gasteiger partial charge in [0.2, 0.25) is 0 Å². The van der Waals surface area contributed by atoms with Gasteiger partial charge in [-0.25, -0.2) is 0 Å². The van der Waals surface area contributed by atoms with Crippen molar-refractivity contribution in [2.45, 2.75) is 39.4 Å². The Morgan fingerprint density at radius 2 is 1.85 bits per heavy atom. The van der Waals surface area contributed by atoms with Crippen LogP contribution in [0.3, 0.4) is 0 Å². The summed E-state index contributed by atoms with van der Waals surface area (Å²) in [7, 11) is 3.26. The lowest BCUT2D eigenvalue weighted by molar-refractivity contribution is -0.107. The normalized spacial score (nSPS) is 11.7. The first-order chi connectivity index (χ1) is 6.05. The molecule has 0 N–H and O–H groups in total. The van der Waals surface area contributed by atoms with Crippen molar-refractivity contribution in [3.8, 4) is 6.07 Å². The fourth-order valence-electron chi connectivity index (χ4n) is 1.10. The molecule has 0 heterocycles. The number of nitriles is 1. The van der Waals surface area contributed by atoms with Gasteiger partial charge in [-0.2, -0.15) is 5.26 Å². The van der Waals surface area contributed by atoms with Gasteiger partial charge in [-0.15, -0.1) is 0 Å². The van der Waals surface area contributed by atoms with E-state index in [1.54, 1.807) is 14.2 Å². The molecule has 0 unspecified atom stereocenters. The molecule has 0 aromatic rings. The van der Waals surface area contributed by atoms with Gasteiger partial charge in [0.15, 0.2) is 6.29 Å². The summed E-state index contributed by atoms with van der Waals surface area (Å²) >= 11 is 0. The molecule has 0 saturated carbocycles. The second-order valence-electron chi connectivity index (χ2n) is 3.79. The second-order valence-corrected chi connectivity index (χ2v) is 3.79. The lowest BCUT2D eigenvalue weighted by Crippen LogP contribution is -2.15. The maximum absolute atomic E-state index is 8.76. The summed E-state index contributed by atoms with van der Waals surface area (Å²) in [5.41, 5.74) is -0.230. The number of nitrogens with zero attached hydrogens (tertiary/aromatic N) is 1. The molecule has 0 aromatic heterocycles. The van der Waals surface area contributed by atoms with Gasteiger partial charge < -0.3 is 9.47 Å². The predicted octanol–water partition coefficient (Wildman–Crippen LogP) is 2.33. The standard InChI is InChI=1S/C10H19NO2/c1-10(2,8-11)7-5-6-9(12-3)13-4/h9H,5-7H2,1-4H3. The molecule has 76 valence electrons. The molecular formula is C10H19NO2. The van der Waals surface area contributed by atoms with Gasteiger partial charge in [-0.05, 0) is 33.1 Å². The first kappa shape index (κ1) is 12.4. The summed E-state index contributed by atoms with van der Waals surface area (Å²) in [5.74, 6) is 0. The van der Waals surface area contributed by atoms with E-state index in [2.05, 4.69) is 6.07 Å². The van der Waals surface area contributed by atoms with Gasteiger partial charge in [0, 0.05) is 14.2 Å². The van der Waals surface area contributed by atoms with Crippen LogP contribution in [0.5, 0.6) is 0 Å². The van der Waals surface area contributed by atoms with Crippen molar-refractivity contribution in [1.29, 1.82) is 5.26 Å². The van der Waals surface area contributed by atoms with E-state index in [0.29, 0.717) is 0 Å². The average Bonchev–Trinajstić information content (AvgIpc) is 2.12. The molecule has 0 aliphatic rings. The Hall–Kier alpha value is -0.590. The monoisotopic (exact) mass is 185 g/mol. The molecule has 0 bridgehead atoms. The average molecular weight is 185 g/mol. The van der Waals surface area contributed by atoms with Crippen LogP contribution in [-0.2, 0) is 9.47 Å². The van der Waals surface area contributed by atoms with E-state index in [0.717, 1.165) is 19.3 Å². The third-order valence-electron chi connectivity index (χ3n) is 2.07. The maximum atomic E-state index is 8.76. The Kier molecular flexibility index (Phi) is 5.68. The van der Waals surface area contributed by atoms with Gasteiger partial charge in [0.1, 0.15) is 0 Å². The van der Waals surface area contributed by atoms with Crippen LogP contribution >= 0.6 is 0 Å². The van der Waals surface area contributed by atoms with E-state index in [1.165, 1.54) is 0 Å². The van der Waals surface area contributed by atoms with E-state index >= 15 is 0 Å². The van der Waals surface area contributed by atoms with Crippen molar-refractivity contribution in [1.82, 2.24) is 0 Å². The zero-order valence-electron chi connectivity index (χ0n) is 8.96. The molecule has 0 radical (unpaired) electrons. The molecule has 0 rings (SSSR count). The zero-order valence-corrected chi connectivity index (χ0v) is 8.96. The van der Waals surface area contributed by atoms with Crippen LogP contribution in [-0.4, -0.2) is 20.5 Å². The highest BCUT2D eigenvalue weighted by Crippen LogP contribution is 2.22. The minimum Gasteiger partial charge on any atom is -0.356 e. The topological polar surface area (TPSA) is 42.2 Å². The first-order valence-corrected chi connectivity index (χ1v) is 4.52. The maximum Gasteiger partial charge on any atom is 0.156 e. The van der Waals surface area contributed by atoms with E-state index in [9.17, 15) is 0 Å². The molecule has 0 aliphatic heterocycles. The Balaban J connectivity index is 3.62. The lowest BCUT2D eigenvalue weighted by Gasteiger charge is -2.17. The Morgan fingerprint density at radius 1 is 1.31 bits per heavy atom. The summed E-state index contributed by atoms with van der Waals surface area (Å²) in [5, 5.41) is 8.76. The number of methoxy groups -OCH3 is 2. The third-order valence-corrected chi connectivity index (χ3v) is 2.07. The Morgan fingerprint density at radius 3 is 2.23 bits per heavy atom. The van der Waals surface area contributed by atoms with Gasteiger partial charge in [-0.1, -0.05) is 0 Å². The molecular weight excluding hydrogens is 166 g/mol. The van der Waals surface area contributed by atoms with E-state index < -0.39 is 0 Å². The molecule has 0 aromatic carbocycles. The first-order valence-electron chi connectivity index (χ1n) is 4.52. The van der Waals surface area contributed by atoms with Gasteiger partial charge in [-0.3, -0.25) is 0 Å². The highest BCUT2D eigenvalue weighted by atomic mass is 16.7. The van der Waals surface area contributed by atoms with Crippen molar-refractivity contribution >= 4 is 0 Å². The van der Waals surface area contributed by atoms with Crippen LogP contribution in [0, 0.1) is 16.7 Å². The van der Waals surface area contributed by atoms with Crippen LogP contribution in [0.1, 0.15) is 33.1 Å². The largest absolute Gasteiger partial charge is 0.356 e. The van der Waals surface area contributed by atoms with Gasteiger partial charge >= 0.3 is 0 Å². The summed E-state index contributed by atoms with van der Waals surface area (Å²) < 4.78 is 10.1. The molecule has 13 heavy (non-hydrogen) atoms. The van der Waals surface area contributed by atoms with Crippen molar-refractivity contribution in [2.75, 3.05) is 14.2 Å². The molecule has 0 spiro atoms. The molecule has 3 nitrogen and oxygen atoms in total. The van der Waals surface area contributed by atoms with Crippen molar-refractivity contribution < 1.29 is 9.47 Å². The SMILES string of the molecule is COC(CCCC(C)(C)C#N)OC. The number of hydrogen-bond donors (Lipinski definition) is 0. The van der Waals surface area contributed by atoms with E-state index in [-0.39, 0.29) is 11.7 Å². The molecule has 3 heteroatoms. The molecule has 0 aliphatic carbocycles. The van der Waals surface area contributed by atoms with Crippen LogP contribution < -0.4 is 0 Å². The summed E-state index contributed by atoms with van der Waals surface area (Å²) in [4.78, 5) is 0. The smallest absolute Gasteiger partial charge is 0.156 e. The minimum atomic E-state index is -0.230. The Bertz CT molecular complexity index is 168. The molecule has 0 amide bonds. The second kappa shape index (κ2) is 5.95. The van der Waals surface area contributed by atoms with Crippen molar-refractivity contribution in [3.63, 3.8) is 0 Å². The highest BCUT2D eigenvalue weighted by molar-refractivity contribution is 4.91. The van der Waals surface area contributed by atoms with E-state index in [4.69, 9.17) is 14.7 Å². The summed E-state index contributed by atoms with van der Waals surface area (Å²) in [6.45, 7) is 3.89. The highest BCUT2D eigenvalue weighted by Gasteiger charge is 2.16. The Labute approximate surface area is 80.6 Å². The number of rotatable bonds is 6. The fourth-order valence-corrected chi connectivity index (χ4v) is 1.10. The summed E-state index contributed by atoms with van der Waals surface area (Å²) in [6, 6.07) is 2.27. The van der Waals surface area contributed by atoms with Crippen LogP contribution in [0.2, 0.25) is 0 Å². The van der Waals surface area contributed by atoms with Gasteiger partial charge in [0.25, 0.3) is 0 Å². The molecule has 0 fully saturated rings. The minimum absolute atomic E-state index is 0.130. The number of ether oxygens (including phenoxy) is 2. The van der Waals surface area contributed by atoms with Crippen molar-refractivity contribution in [3.05, 3.63) is 0 Å². The van der Waals surface area contributed by atoms with Crippen molar-refractivity contribution in [2.24, 2.45) is 5.41 Å². The van der Waals surface area contributed by atoms with Crippen LogP contribution in [0.25, 0.3) is 0 Å².